The number of carbonyl (C=O) groups is 1. The van der Waals surface area contributed by atoms with Crippen molar-refractivity contribution >= 4 is 5.91 Å². The zero-order chi connectivity index (χ0) is 47.4. The first-order valence-corrected chi connectivity index (χ1v) is 29.6. The standard InChI is InChI=1S/C59H117NO5/c1-3-5-7-9-11-13-15-17-19-21-23-25-27-29-31-32-34-36-38-40-42-44-46-48-50-52-56(62)58(64)55(54-61)60-59(65)57(63)53-51-49-47-45-43-41-39-37-35-33-30-28-26-24-22-20-18-16-14-12-10-8-6-4-2/h30,33,55-58,61-64H,3-29,31-32,34-54H2,1-2H3,(H,60,65)/b33-30-. The summed E-state index contributed by atoms with van der Waals surface area (Å²) < 4.78 is 0. The van der Waals surface area contributed by atoms with Crippen molar-refractivity contribution in [2.75, 3.05) is 6.61 Å². The summed E-state index contributed by atoms with van der Waals surface area (Å²) in [4.78, 5) is 12.6. The molecule has 6 heteroatoms. The molecule has 5 N–H and O–H groups in total. The quantitative estimate of drug-likeness (QED) is 0.0308. The summed E-state index contributed by atoms with van der Waals surface area (Å²) >= 11 is 0. The van der Waals surface area contributed by atoms with Gasteiger partial charge in [0.1, 0.15) is 12.2 Å². The third-order valence-electron chi connectivity index (χ3n) is 14.2. The lowest BCUT2D eigenvalue weighted by Crippen LogP contribution is -2.53. The number of allylic oxidation sites excluding steroid dienone is 2. The summed E-state index contributed by atoms with van der Waals surface area (Å²) in [5.41, 5.74) is 0. The van der Waals surface area contributed by atoms with E-state index < -0.39 is 36.9 Å². The Kier molecular flexibility index (Phi) is 53.2. The number of nitrogens with one attached hydrogen (secondary N) is 1. The van der Waals surface area contributed by atoms with Gasteiger partial charge in [0.15, 0.2) is 0 Å². The van der Waals surface area contributed by atoms with E-state index in [1.165, 1.54) is 263 Å². The number of aliphatic hydroxyl groups excluding tert-OH is 4. The molecule has 0 aliphatic heterocycles. The monoisotopic (exact) mass is 920 g/mol. The van der Waals surface area contributed by atoms with Crippen molar-refractivity contribution in [3.8, 4) is 0 Å². The molecule has 0 radical (unpaired) electrons. The smallest absolute Gasteiger partial charge is 0.249 e. The van der Waals surface area contributed by atoms with Gasteiger partial charge in [-0.3, -0.25) is 4.79 Å². The molecule has 0 bridgehead atoms. The van der Waals surface area contributed by atoms with Crippen molar-refractivity contribution in [3.05, 3.63) is 12.2 Å². The molecule has 388 valence electrons. The van der Waals surface area contributed by atoms with Gasteiger partial charge >= 0.3 is 0 Å². The van der Waals surface area contributed by atoms with Gasteiger partial charge in [0.25, 0.3) is 0 Å². The molecule has 0 aliphatic rings. The normalized spacial score (nSPS) is 13.8. The fourth-order valence-electron chi connectivity index (χ4n) is 9.58. The fourth-order valence-corrected chi connectivity index (χ4v) is 9.58. The van der Waals surface area contributed by atoms with E-state index in [-0.39, 0.29) is 0 Å². The first kappa shape index (κ1) is 64.0. The maximum Gasteiger partial charge on any atom is 0.249 e. The van der Waals surface area contributed by atoms with Gasteiger partial charge in [-0.05, 0) is 38.5 Å². The van der Waals surface area contributed by atoms with Crippen LogP contribution >= 0.6 is 0 Å². The second-order valence-electron chi connectivity index (χ2n) is 20.7. The van der Waals surface area contributed by atoms with Crippen LogP contribution in [0.5, 0.6) is 0 Å². The zero-order valence-corrected chi connectivity index (χ0v) is 44.0. The van der Waals surface area contributed by atoms with Gasteiger partial charge in [-0.15, -0.1) is 0 Å². The number of hydrogen-bond acceptors (Lipinski definition) is 5. The Balaban J connectivity index is 3.60. The highest BCUT2D eigenvalue weighted by Crippen LogP contribution is 2.19. The van der Waals surface area contributed by atoms with Crippen LogP contribution in [0.4, 0.5) is 0 Å². The predicted octanol–water partition coefficient (Wildman–Crippen LogP) is 17.3. The number of rotatable bonds is 55. The Bertz CT molecular complexity index is 944. The van der Waals surface area contributed by atoms with Crippen LogP contribution in [0, 0.1) is 0 Å². The molecule has 0 rings (SSSR count). The molecular formula is C59H117NO5. The minimum absolute atomic E-state index is 0.369. The lowest BCUT2D eigenvalue weighted by molar-refractivity contribution is -0.132. The molecule has 0 spiro atoms. The van der Waals surface area contributed by atoms with Gasteiger partial charge in [-0.25, -0.2) is 0 Å². The zero-order valence-electron chi connectivity index (χ0n) is 44.0. The minimum Gasteiger partial charge on any atom is -0.394 e. The predicted molar refractivity (Wildman–Crippen MR) is 284 cm³/mol. The molecular weight excluding hydrogens is 803 g/mol. The van der Waals surface area contributed by atoms with Crippen LogP contribution in [0.25, 0.3) is 0 Å². The summed E-state index contributed by atoms with van der Waals surface area (Å²) in [6.45, 7) is 4.10. The maximum atomic E-state index is 12.6. The molecule has 0 aromatic heterocycles. The third-order valence-corrected chi connectivity index (χ3v) is 14.2. The minimum atomic E-state index is -1.26. The van der Waals surface area contributed by atoms with Crippen molar-refractivity contribution in [1.82, 2.24) is 5.32 Å². The van der Waals surface area contributed by atoms with Crippen LogP contribution in [-0.2, 0) is 4.79 Å². The van der Waals surface area contributed by atoms with Crippen LogP contribution in [0.15, 0.2) is 12.2 Å². The topological polar surface area (TPSA) is 110 Å². The van der Waals surface area contributed by atoms with Gasteiger partial charge < -0.3 is 25.7 Å². The summed E-state index contributed by atoms with van der Waals surface area (Å²) in [5, 5.41) is 44.1. The van der Waals surface area contributed by atoms with E-state index in [0.717, 1.165) is 38.5 Å². The van der Waals surface area contributed by atoms with Crippen LogP contribution in [0.3, 0.4) is 0 Å². The van der Waals surface area contributed by atoms with Gasteiger partial charge in [-0.2, -0.15) is 0 Å². The second-order valence-corrected chi connectivity index (χ2v) is 20.7. The Morgan fingerprint density at radius 2 is 0.615 bits per heavy atom. The van der Waals surface area contributed by atoms with Crippen molar-refractivity contribution in [1.29, 1.82) is 0 Å². The Morgan fingerprint density at radius 3 is 0.892 bits per heavy atom. The van der Waals surface area contributed by atoms with Crippen LogP contribution in [0.2, 0.25) is 0 Å². The van der Waals surface area contributed by atoms with E-state index in [2.05, 4.69) is 31.3 Å². The Morgan fingerprint density at radius 1 is 0.369 bits per heavy atom. The van der Waals surface area contributed by atoms with E-state index in [4.69, 9.17) is 0 Å². The number of hydrogen-bond donors (Lipinski definition) is 5. The lowest BCUT2D eigenvalue weighted by Gasteiger charge is -2.27. The van der Waals surface area contributed by atoms with Gasteiger partial charge in [0.05, 0.1) is 18.8 Å². The molecule has 65 heavy (non-hydrogen) atoms. The number of carbonyl (C=O) groups excluding carboxylic acids is 1. The van der Waals surface area contributed by atoms with Gasteiger partial charge in [0, 0.05) is 0 Å². The van der Waals surface area contributed by atoms with Crippen molar-refractivity contribution in [2.45, 2.75) is 353 Å². The number of amides is 1. The molecule has 0 saturated carbocycles. The third kappa shape index (κ3) is 47.9. The molecule has 0 aromatic rings. The highest BCUT2D eigenvalue weighted by molar-refractivity contribution is 5.80. The molecule has 0 fully saturated rings. The molecule has 0 heterocycles. The van der Waals surface area contributed by atoms with Crippen molar-refractivity contribution in [3.63, 3.8) is 0 Å². The molecule has 0 saturated heterocycles. The van der Waals surface area contributed by atoms with E-state index in [1.54, 1.807) is 0 Å². The first-order chi connectivity index (χ1) is 32.0. The molecule has 4 atom stereocenters. The molecule has 0 aromatic carbocycles. The molecule has 4 unspecified atom stereocenters. The number of aliphatic hydroxyl groups is 4. The van der Waals surface area contributed by atoms with Crippen LogP contribution in [0.1, 0.15) is 328 Å². The van der Waals surface area contributed by atoms with E-state index in [0.29, 0.717) is 12.8 Å². The first-order valence-electron chi connectivity index (χ1n) is 29.6. The second kappa shape index (κ2) is 54.0. The highest BCUT2D eigenvalue weighted by Gasteiger charge is 2.28. The average Bonchev–Trinajstić information content (AvgIpc) is 3.31. The Labute approximate surface area is 406 Å². The highest BCUT2D eigenvalue weighted by atomic mass is 16.3. The SMILES string of the molecule is CCCCCCCCCCCCCC/C=C\CCCCCCCCCCC(O)C(=O)NC(CO)C(O)C(O)CCCCCCCCCCCCCCCCCCCCCCCCCCC. The largest absolute Gasteiger partial charge is 0.394 e. The fraction of sp³-hybridized carbons (Fsp3) is 0.949. The van der Waals surface area contributed by atoms with Crippen molar-refractivity contribution in [2.24, 2.45) is 0 Å². The average molecular weight is 921 g/mol. The summed E-state index contributed by atoms with van der Waals surface area (Å²) in [7, 11) is 0. The molecule has 0 aliphatic carbocycles. The summed E-state index contributed by atoms with van der Waals surface area (Å²) in [5.74, 6) is -0.580. The van der Waals surface area contributed by atoms with Crippen molar-refractivity contribution < 1.29 is 25.2 Å². The van der Waals surface area contributed by atoms with Crippen LogP contribution in [-0.4, -0.2) is 57.3 Å². The number of unbranched alkanes of at least 4 members (excludes halogenated alkanes) is 44. The summed E-state index contributed by atoms with van der Waals surface area (Å²) in [6, 6.07) is -0.985. The lowest BCUT2D eigenvalue weighted by atomic mass is 9.99. The summed E-state index contributed by atoms with van der Waals surface area (Å²) in [6.07, 6.45) is 64.3. The van der Waals surface area contributed by atoms with E-state index >= 15 is 0 Å². The molecule has 1 amide bonds. The van der Waals surface area contributed by atoms with Gasteiger partial charge in [-0.1, -0.05) is 302 Å². The Hall–Kier alpha value is -0.950. The van der Waals surface area contributed by atoms with E-state index in [1.807, 2.05) is 0 Å². The molecule has 6 nitrogen and oxygen atoms in total. The van der Waals surface area contributed by atoms with Gasteiger partial charge in [0.2, 0.25) is 5.91 Å². The maximum absolute atomic E-state index is 12.6. The van der Waals surface area contributed by atoms with Crippen LogP contribution < -0.4 is 5.32 Å². The van der Waals surface area contributed by atoms with E-state index in [9.17, 15) is 25.2 Å².